The third kappa shape index (κ3) is 3.93. The molecule has 0 aromatic carbocycles. The Morgan fingerprint density at radius 3 is 2.77 bits per heavy atom. The van der Waals surface area contributed by atoms with Gasteiger partial charge in [-0.25, -0.2) is 4.98 Å². The average Bonchev–Trinajstić information content (AvgIpc) is 2.87. The highest BCUT2D eigenvalue weighted by Crippen LogP contribution is 2.24. The molecule has 5 heteroatoms. The number of likely N-dealkylation sites (tertiary alicyclic amines) is 1. The predicted molar refractivity (Wildman–Crippen MR) is 103 cm³/mol. The van der Waals surface area contributed by atoms with E-state index >= 15 is 0 Å². The van der Waals surface area contributed by atoms with Crippen LogP contribution in [0.1, 0.15) is 67.4 Å². The zero-order chi connectivity index (χ0) is 17.9. The van der Waals surface area contributed by atoms with Crippen molar-refractivity contribution in [1.82, 2.24) is 19.6 Å². The molecule has 1 saturated heterocycles. The van der Waals surface area contributed by atoms with E-state index < -0.39 is 0 Å². The van der Waals surface area contributed by atoms with E-state index in [1.807, 2.05) is 35.9 Å². The summed E-state index contributed by atoms with van der Waals surface area (Å²) in [4.78, 5) is 19.8. The Labute approximate surface area is 155 Å². The van der Waals surface area contributed by atoms with Gasteiger partial charge in [0.05, 0.1) is 0 Å². The van der Waals surface area contributed by atoms with Crippen LogP contribution in [0.15, 0.2) is 24.5 Å². The second-order valence-electron chi connectivity index (χ2n) is 8.05. The highest BCUT2D eigenvalue weighted by molar-refractivity contribution is 5.93. The molecule has 26 heavy (non-hydrogen) atoms. The van der Waals surface area contributed by atoms with Crippen molar-refractivity contribution in [2.45, 2.75) is 70.4 Å². The van der Waals surface area contributed by atoms with Crippen LogP contribution in [-0.2, 0) is 0 Å². The zero-order valence-corrected chi connectivity index (χ0v) is 15.8. The minimum Gasteiger partial charge on any atom is -0.347 e. The number of aromatic nitrogens is 2. The van der Waals surface area contributed by atoms with Gasteiger partial charge in [-0.15, -0.1) is 0 Å². The maximum absolute atomic E-state index is 12.7. The van der Waals surface area contributed by atoms with Gasteiger partial charge in [-0.05, 0) is 56.8 Å². The van der Waals surface area contributed by atoms with Crippen LogP contribution in [0.5, 0.6) is 0 Å². The van der Waals surface area contributed by atoms with Gasteiger partial charge in [-0.1, -0.05) is 25.7 Å². The van der Waals surface area contributed by atoms with Crippen molar-refractivity contribution in [2.24, 2.45) is 0 Å². The SMILES string of the molecule is Cc1ccn2cc(C(=O)N[C@@H]3CCCN(C4CCCCCC4)C3)nc2c1. The average molecular weight is 354 g/mol. The molecule has 1 aliphatic heterocycles. The molecule has 0 spiro atoms. The third-order valence-corrected chi connectivity index (χ3v) is 5.98. The molecule has 3 heterocycles. The molecule has 140 valence electrons. The van der Waals surface area contributed by atoms with Gasteiger partial charge in [0, 0.05) is 31.0 Å². The van der Waals surface area contributed by atoms with E-state index in [9.17, 15) is 4.79 Å². The molecule has 0 bridgehead atoms. The van der Waals surface area contributed by atoms with E-state index in [1.54, 1.807) is 0 Å². The van der Waals surface area contributed by atoms with Crippen molar-refractivity contribution >= 4 is 11.6 Å². The number of aryl methyl sites for hydroxylation is 1. The summed E-state index contributed by atoms with van der Waals surface area (Å²) in [7, 11) is 0. The highest BCUT2D eigenvalue weighted by atomic mass is 16.2. The summed E-state index contributed by atoms with van der Waals surface area (Å²) < 4.78 is 1.92. The number of carbonyl (C=O) groups is 1. The smallest absolute Gasteiger partial charge is 0.271 e. The fourth-order valence-electron chi connectivity index (χ4n) is 4.53. The van der Waals surface area contributed by atoms with Crippen LogP contribution in [-0.4, -0.2) is 45.4 Å². The Bertz CT molecular complexity index is 760. The van der Waals surface area contributed by atoms with Crippen LogP contribution < -0.4 is 5.32 Å². The summed E-state index contributed by atoms with van der Waals surface area (Å²) in [6, 6.07) is 4.99. The topological polar surface area (TPSA) is 49.6 Å². The molecular weight excluding hydrogens is 324 g/mol. The molecule has 2 aliphatic rings. The number of fused-ring (bicyclic) bond motifs is 1. The number of amides is 1. The number of piperidine rings is 1. The largest absolute Gasteiger partial charge is 0.347 e. The third-order valence-electron chi connectivity index (χ3n) is 5.98. The Morgan fingerprint density at radius 2 is 1.96 bits per heavy atom. The van der Waals surface area contributed by atoms with E-state index in [2.05, 4.69) is 15.2 Å². The normalized spacial score (nSPS) is 23.0. The molecule has 2 fully saturated rings. The number of carbonyl (C=O) groups excluding carboxylic acids is 1. The van der Waals surface area contributed by atoms with Crippen LogP contribution in [0.4, 0.5) is 0 Å². The van der Waals surface area contributed by atoms with Crippen molar-refractivity contribution in [3.05, 3.63) is 35.8 Å². The number of hydrogen-bond acceptors (Lipinski definition) is 3. The molecule has 2 aromatic heterocycles. The van der Waals surface area contributed by atoms with Crippen molar-refractivity contribution < 1.29 is 4.79 Å². The molecule has 1 saturated carbocycles. The molecule has 1 N–H and O–H groups in total. The Balaban J connectivity index is 1.39. The Hall–Kier alpha value is -1.88. The summed E-state index contributed by atoms with van der Waals surface area (Å²) in [5.41, 5.74) is 2.50. The van der Waals surface area contributed by atoms with Gasteiger partial charge < -0.3 is 9.72 Å². The van der Waals surface area contributed by atoms with Crippen LogP contribution in [0.25, 0.3) is 5.65 Å². The first-order valence-electron chi connectivity index (χ1n) is 10.2. The maximum Gasteiger partial charge on any atom is 0.271 e. The summed E-state index contributed by atoms with van der Waals surface area (Å²) in [6.07, 6.45) is 14.2. The van der Waals surface area contributed by atoms with E-state index in [1.165, 1.54) is 51.5 Å². The lowest BCUT2D eigenvalue weighted by atomic mass is 10.00. The monoisotopic (exact) mass is 354 g/mol. The van der Waals surface area contributed by atoms with Gasteiger partial charge in [0.2, 0.25) is 0 Å². The first kappa shape index (κ1) is 17.5. The Kier molecular flexibility index (Phi) is 5.25. The first-order valence-corrected chi connectivity index (χ1v) is 10.2. The standard InChI is InChI=1S/C21H30N4O/c1-16-10-12-25-15-19(23-20(25)13-16)21(26)22-17-7-6-11-24(14-17)18-8-4-2-3-5-9-18/h10,12-13,15,17-18H,2-9,11,14H2,1H3,(H,22,26)/t17-/m1/s1. The molecule has 1 atom stereocenters. The zero-order valence-electron chi connectivity index (χ0n) is 15.8. The number of nitrogens with zero attached hydrogens (tertiary/aromatic N) is 3. The minimum absolute atomic E-state index is 0.0425. The summed E-state index contributed by atoms with van der Waals surface area (Å²) in [5, 5.41) is 3.24. The quantitative estimate of drug-likeness (QED) is 0.858. The van der Waals surface area contributed by atoms with E-state index in [0.29, 0.717) is 5.69 Å². The summed E-state index contributed by atoms with van der Waals surface area (Å²) in [5.74, 6) is -0.0425. The van der Waals surface area contributed by atoms with E-state index in [-0.39, 0.29) is 11.9 Å². The maximum atomic E-state index is 12.7. The molecular formula is C21H30N4O. The van der Waals surface area contributed by atoms with Gasteiger partial charge >= 0.3 is 0 Å². The van der Waals surface area contributed by atoms with Crippen LogP contribution in [0.3, 0.4) is 0 Å². The van der Waals surface area contributed by atoms with E-state index in [4.69, 9.17) is 0 Å². The lowest BCUT2D eigenvalue weighted by Gasteiger charge is -2.38. The number of imidazole rings is 1. The molecule has 1 aliphatic carbocycles. The fraction of sp³-hybridized carbons (Fsp3) is 0.619. The van der Waals surface area contributed by atoms with Crippen molar-refractivity contribution in [3.63, 3.8) is 0 Å². The molecule has 0 radical (unpaired) electrons. The number of pyridine rings is 1. The van der Waals surface area contributed by atoms with E-state index in [0.717, 1.165) is 30.2 Å². The van der Waals surface area contributed by atoms with Crippen LogP contribution in [0.2, 0.25) is 0 Å². The molecule has 2 aromatic rings. The molecule has 1 amide bonds. The fourth-order valence-corrected chi connectivity index (χ4v) is 4.53. The second kappa shape index (κ2) is 7.78. The van der Waals surface area contributed by atoms with Gasteiger partial charge in [0.25, 0.3) is 5.91 Å². The molecule has 5 nitrogen and oxygen atoms in total. The molecule has 0 unspecified atom stereocenters. The Morgan fingerprint density at radius 1 is 1.15 bits per heavy atom. The lowest BCUT2D eigenvalue weighted by molar-refractivity contribution is 0.0856. The van der Waals surface area contributed by atoms with Crippen molar-refractivity contribution in [1.29, 1.82) is 0 Å². The van der Waals surface area contributed by atoms with Crippen molar-refractivity contribution in [2.75, 3.05) is 13.1 Å². The summed E-state index contributed by atoms with van der Waals surface area (Å²) in [6.45, 7) is 4.21. The summed E-state index contributed by atoms with van der Waals surface area (Å²) >= 11 is 0. The number of rotatable bonds is 3. The second-order valence-corrected chi connectivity index (χ2v) is 8.05. The number of hydrogen-bond donors (Lipinski definition) is 1. The number of nitrogens with one attached hydrogen (secondary N) is 1. The first-order chi connectivity index (χ1) is 12.7. The minimum atomic E-state index is -0.0425. The van der Waals surface area contributed by atoms with Gasteiger partial charge in [-0.3, -0.25) is 9.69 Å². The molecule has 4 rings (SSSR count). The van der Waals surface area contributed by atoms with Crippen LogP contribution in [0, 0.1) is 6.92 Å². The van der Waals surface area contributed by atoms with Crippen molar-refractivity contribution in [3.8, 4) is 0 Å². The van der Waals surface area contributed by atoms with Crippen LogP contribution >= 0.6 is 0 Å². The van der Waals surface area contributed by atoms with Gasteiger partial charge in [-0.2, -0.15) is 0 Å². The highest BCUT2D eigenvalue weighted by Gasteiger charge is 2.27. The lowest BCUT2D eigenvalue weighted by Crippen LogP contribution is -2.51. The predicted octanol–water partition coefficient (Wildman–Crippen LogP) is 3.56. The van der Waals surface area contributed by atoms with Gasteiger partial charge in [0.1, 0.15) is 11.3 Å². The van der Waals surface area contributed by atoms with Gasteiger partial charge in [0.15, 0.2) is 0 Å².